The largest absolute Gasteiger partial charge is 0.453 e. The second-order valence-corrected chi connectivity index (χ2v) is 14.0. The molecule has 0 bridgehead atoms. The summed E-state index contributed by atoms with van der Waals surface area (Å²) in [4.78, 5) is 23.1. The van der Waals surface area contributed by atoms with Crippen molar-refractivity contribution in [1.82, 2.24) is 19.9 Å². The fourth-order valence-electron chi connectivity index (χ4n) is 7.81. The molecule has 6 aromatic carbocycles. The van der Waals surface area contributed by atoms with E-state index in [1.54, 1.807) is 12.4 Å². The van der Waals surface area contributed by atoms with Crippen molar-refractivity contribution in [3.63, 3.8) is 0 Å². The lowest BCUT2D eigenvalue weighted by Gasteiger charge is -2.33. The first-order valence-corrected chi connectivity index (χ1v) is 18.8. The van der Waals surface area contributed by atoms with Gasteiger partial charge in [-0.15, -0.1) is 0 Å². The third-order valence-corrected chi connectivity index (χ3v) is 10.4. The molecule has 2 aliphatic rings. The van der Waals surface area contributed by atoms with E-state index in [0.29, 0.717) is 34.2 Å². The maximum atomic E-state index is 6.41. The average molecular weight is 753 g/mol. The molecule has 10 heteroatoms. The lowest BCUT2D eigenvalue weighted by Crippen LogP contribution is -2.16. The molecule has 0 saturated carbocycles. The maximum Gasteiger partial charge on any atom is 0.228 e. The Kier molecular flexibility index (Phi) is 6.99. The Labute approximate surface area is 330 Å². The number of nitrogens with zero attached hydrogens (tertiary/aromatic N) is 6. The molecule has 0 radical (unpaired) electrons. The lowest BCUT2D eigenvalue weighted by molar-refractivity contribution is 0.476. The molecule has 12 rings (SSSR count). The topological polar surface area (TPSA) is 103 Å². The van der Waals surface area contributed by atoms with Crippen LogP contribution in [0.3, 0.4) is 0 Å². The second kappa shape index (κ2) is 12.7. The minimum atomic E-state index is 0.448. The van der Waals surface area contributed by atoms with Gasteiger partial charge in [0.2, 0.25) is 11.8 Å². The van der Waals surface area contributed by atoms with Crippen LogP contribution in [0.2, 0.25) is 0 Å². The summed E-state index contributed by atoms with van der Waals surface area (Å²) in [7, 11) is 0. The smallest absolute Gasteiger partial charge is 0.228 e. The van der Waals surface area contributed by atoms with Crippen LogP contribution < -0.4 is 19.3 Å². The van der Waals surface area contributed by atoms with Gasteiger partial charge in [0, 0.05) is 34.9 Å². The van der Waals surface area contributed by atoms with Crippen molar-refractivity contribution in [2.75, 3.05) is 9.80 Å². The van der Waals surface area contributed by atoms with Crippen LogP contribution >= 0.6 is 0 Å². The molecule has 10 aromatic rings. The van der Waals surface area contributed by atoms with Crippen molar-refractivity contribution in [2.45, 2.75) is 0 Å². The van der Waals surface area contributed by atoms with Crippen LogP contribution in [0.5, 0.6) is 23.0 Å². The Morgan fingerprint density at radius 1 is 0.362 bits per heavy atom. The molecule has 2 aliphatic heterocycles. The van der Waals surface area contributed by atoms with Gasteiger partial charge in [0.25, 0.3) is 0 Å². The summed E-state index contributed by atoms with van der Waals surface area (Å²) in [5.74, 6) is 3.89. The molecule has 0 atom stereocenters. The molecule has 0 aliphatic carbocycles. The Morgan fingerprint density at radius 3 is 1.10 bits per heavy atom. The molecular weight excluding hydrogens is 725 g/mol. The van der Waals surface area contributed by atoms with Gasteiger partial charge >= 0.3 is 0 Å². The van der Waals surface area contributed by atoms with Crippen LogP contribution in [0.15, 0.2) is 179 Å². The number of hydrogen-bond donors (Lipinski definition) is 0. The van der Waals surface area contributed by atoms with E-state index in [-0.39, 0.29) is 0 Å². The van der Waals surface area contributed by atoms with E-state index in [1.807, 2.05) is 97.1 Å². The zero-order valence-corrected chi connectivity index (χ0v) is 30.5. The lowest BCUT2D eigenvalue weighted by atomic mass is 9.97. The van der Waals surface area contributed by atoms with Crippen LogP contribution in [0.25, 0.3) is 56.5 Å². The second-order valence-electron chi connectivity index (χ2n) is 14.0. The van der Waals surface area contributed by atoms with E-state index in [9.17, 15) is 0 Å². The molecule has 0 N–H and O–H groups in total. The number of benzene rings is 6. The molecule has 0 spiro atoms. The SMILES string of the molecule is c1ccc2c(c1)Oc1ccccc1N2c1cc(-c2cc(-c3nc4ncccc4o3)cc(N3c4ccccc4Oc4ccccc43)c2)cc(-c2nc3ncccc3o2)c1. The van der Waals surface area contributed by atoms with E-state index in [1.165, 1.54) is 0 Å². The zero-order valence-electron chi connectivity index (χ0n) is 30.5. The molecular formula is C48H28N6O4. The van der Waals surface area contributed by atoms with Gasteiger partial charge in [0.05, 0.1) is 22.7 Å². The van der Waals surface area contributed by atoms with Gasteiger partial charge < -0.3 is 28.1 Å². The number of oxazole rings is 2. The van der Waals surface area contributed by atoms with Crippen LogP contribution in [-0.4, -0.2) is 19.9 Å². The van der Waals surface area contributed by atoms with Crippen molar-refractivity contribution in [1.29, 1.82) is 0 Å². The molecule has 0 amide bonds. The molecule has 0 saturated heterocycles. The van der Waals surface area contributed by atoms with Gasteiger partial charge in [-0.1, -0.05) is 48.5 Å². The Bertz CT molecular complexity index is 2870. The molecule has 0 unspecified atom stereocenters. The van der Waals surface area contributed by atoms with Gasteiger partial charge in [0.1, 0.15) is 0 Å². The van der Waals surface area contributed by atoms with Crippen molar-refractivity contribution in [3.05, 3.63) is 170 Å². The molecule has 10 nitrogen and oxygen atoms in total. The summed E-state index contributed by atoms with van der Waals surface area (Å²) in [5, 5.41) is 0. The molecule has 58 heavy (non-hydrogen) atoms. The van der Waals surface area contributed by atoms with E-state index >= 15 is 0 Å². The van der Waals surface area contributed by atoms with Crippen LogP contribution in [0, 0.1) is 0 Å². The van der Waals surface area contributed by atoms with Gasteiger partial charge in [-0.2, -0.15) is 9.97 Å². The zero-order chi connectivity index (χ0) is 38.2. The van der Waals surface area contributed by atoms with Gasteiger partial charge in [-0.25, -0.2) is 9.97 Å². The third-order valence-electron chi connectivity index (χ3n) is 10.4. The highest BCUT2D eigenvalue weighted by atomic mass is 16.5. The highest BCUT2D eigenvalue weighted by molar-refractivity contribution is 5.93. The minimum Gasteiger partial charge on any atom is -0.453 e. The molecule has 0 fully saturated rings. The molecule has 6 heterocycles. The normalized spacial score (nSPS) is 12.7. The highest BCUT2D eigenvalue weighted by Crippen LogP contribution is 2.53. The number of hydrogen-bond acceptors (Lipinski definition) is 10. The number of para-hydroxylation sites is 8. The maximum absolute atomic E-state index is 6.41. The number of rotatable bonds is 5. The number of aromatic nitrogens is 4. The molecule has 274 valence electrons. The standard InChI is InChI=1S/C48H28N6O4/c1-5-15-39-35(11-1)53(36-12-2-6-16-40(36)55-39)33-25-29(23-31(27-33)47-51-45-43(57-47)19-9-21-49-45)30-24-32(48-52-46-44(58-48)20-10-22-50-46)28-34(26-30)54-37-13-3-7-17-41(37)56-42-18-8-4-14-38(42)54/h1-28H. The number of fused-ring (bicyclic) bond motifs is 6. The number of anilines is 6. The summed E-state index contributed by atoms with van der Waals surface area (Å²) in [6, 6.07) is 52.4. The van der Waals surface area contributed by atoms with Crippen LogP contribution in [0.4, 0.5) is 34.1 Å². The van der Waals surface area contributed by atoms with E-state index in [4.69, 9.17) is 28.3 Å². The fraction of sp³-hybridized carbons (Fsp3) is 0. The fourth-order valence-corrected chi connectivity index (χ4v) is 7.81. The van der Waals surface area contributed by atoms with Crippen molar-refractivity contribution >= 4 is 56.6 Å². The quantitative estimate of drug-likeness (QED) is 0.169. The van der Waals surface area contributed by atoms with Crippen molar-refractivity contribution in [3.8, 4) is 57.0 Å². The highest BCUT2D eigenvalue weighted by Gasteiger charge is 2.29. The predicted molar refractivity (Wildman–Crippen MR) is 223 cm³/mol. The summed E-state index contributed by atoms with van der Waals surface area (Å²) in [6.45, 7) is 0. The summed E-state index contributed by atoms with van der Waals surface area (Å²) >= 11 is 0. The third kappa shape index (κ3) is 5.20. The van der Waals surface area contributed by atoms with Crippen molar-refractivity contribution < 1.29 is 18.3 Å². The first-order valence-electron chi connectivity index (χ1n) is 18.8. The van der Waals surface area contributed by atoms with E-state index in [0.717, 1.165) is 79.4 Å². The summed E-state index contributed by atoms with van der Waals surface area (Å²) < 4.78 is 25.6. The van der Waals surface area contributed by atoms with Gasteiger partial charge in [-0.05, 0) is 120 Å². The molecule has 4 aromatic heterocycles. The first-order chi connectivity index (χ1) is 28.7. The monoisotopic (exact) mass is 752 g/mol. The first kappa shape index (κ1) is 32.0. The Hall–Kier alpha value is -8.24. The van der Waals surface area contributed by atoms with Crippen molar-refractivity contribution in [2.24, 2.45) is 0 Å². The van der Waals surface area contributed by atoms with Gasteiger partial charge in [0.15, 0.2) is 45.5 Å². The number of ether oxygens (including phenoxy) is 2. The van der Waals surface area contributed by atoms with Gasteiger partial charge in [-0.3, -0.25) is 0 Å². The summed E-state index contributed by atoms with van der Waals surface area (Å²) in [6.07, 6.45) is 3.43. The Morgan fingerprint density at radius 2 is 0.724 bits per heavy atom. The predicted octanol–water partition coefficient (Wildman–Crippen LogP) is 12.9. The Balaban J connectivity index is 1.13. The van der Waals surface area contributed by atoms with Crippen LogP contribution in [0.1, 0.15) is 0 Å². The van der Waals surface area contributed by atoms with Crippen LogP contribution in [-0.2, 0) is 0 Å². The average Bonchev–Trinajstić information content (AvgIpc) is 3.92. The van der Waals surface area contributed by atoms with E-state index < -0.39 is 0 Å². The number of pyridine rings is 2. The minimum absolute atomic E-state index is 0.448. The summed E-state index contributed by atoms with van der Waals surface area (Å²) in [5.41, 5.74) is 11.0. The van der Waals surface area contributed by atoms with E-state index in [2.05, 4.69) is 80.4 Å².